The van der Waals surface area contributed by atoms with Crippen LogP contribution in [0.4, 0.5) is 11.6 Å². The quantitative estimate of drug-likeness (QED) is 0.259. The number of nitrogens with zero attached hydrogens (tertiary/aromatic N) is 4. The number of halogens is 1. The highest BCUT2D eigenvalue weighted by Gasteiger charge is 2.17. The number of aliphatic carboxylic acids is 1. The summed E-state index contributed by atoms with van der Waals surface area (Å²) in [7, 11) is -3.35. The van der Waals surface area contributed by atoms with Crippen molar-refractivity contribution in [2.24, 2.45) is 0 Å². The summed E-state index contributed by atoms with van der Waals surface area (Å²) in [6, 6.07) is 14.7. The molecule has 0 bridgehead atoms. The first-order valence-corrected chi connectivity index (χ1v) is 13.1. The number of hydrogen-bond donors (Lipinski definition) is 3. The predicted octanol–water partition coefficient (Wildman–Crippen LogP) is 4.50. The van der Waals surface area contributed by atoms with Gasteiger partial charge >= 0.3 is 5.97 Å². The summed E-state index contributed by atoms with van der Waals surface area (Å²) in [6.07, 6.45) is 4.30. The first kappa shape index (κ1) is 24.3. The molecule has 2 aromatic carbocycles. The van der Waals surface area contributed by atoms with E-state index in [-0.39, 0.29) is 11.4 Å². The number of pyridine rings is 1. The van der Waals surface area contributed by atoms with Gasteiger partial charge in [-0.3, -0.25) is 19.6 Å². The van der Waals surface area contributed by atoms with E-state index in [2.05, 4.69) is 25.6 Å². The number of carboxylic acid groups (broad SMARTS) is 1. The van der Waals surface area contributed by atoms with Crippen molar-refractivity contribution in [1.29, 1.82) is 0 Å². The number of carboxylic acids is 1. The lowest BCUT2D eigenvalue weighted by Gasteiger charge is -2.11. The van der Waals surface area contributed by atoms with E-state index in [1.54, 1.807) is 48.8 Å². The van der Waals surface area contributed by atoms with Crippen LogP contribution in [0.25, 0.3) is 22.2 Å². The summed E-state index contributed by atoms with van der Waals surface area (Å²) in [5.41, 5.74) is 1.73. The molecule has 11 nitrogen and oxygen atoms in total. The van der Waals surface area contributed by atoms with E-state index in [1.165, 1.54) is 16.8 Å². The Balaban J connectivity index is 1.57. The van der Waals surface area contributed by atoms with Gasteiger partial charge in [-0.2, -0.15) is 10.2 Å². The molecule has 5 rings (SSSR count). The largest absolute Gasteiger partial charge is 0.480 e. The summed E-state index contributed by atoms with van der Waals surface area (Å²) in [4.78, 5) is 15.5. The second-order valence-corrected chi connectivity index (χ2v) is 10.5. The van der Waals surface area contributed by atoms with Crippen molar-refractivity contribution in [3.63, 3.8) is 0 Å². The summed E-state index contributed by atoms with van der Waals surface area (Å²) >= 11 is 6.41. The van der Waals surface area contributed by atoms with Crippen LogP contribution in [0.15, 0.2) is 71.9 Å². The van der Waals surface area contributed by atoms with Crippen LogP contribution < -0.4 is 10.1 Å². The van der Waals surface area contributed by atoms with Gasteiger partial charge < -0.3 is 15.2 Å². The zero-order valence-corrected chi connectivity index (χ0v) is 20.8. The van der Waals surface area contributed by atoms with E-state index in [9.17, 15) is 13.2 Å². The molecule has 5 aromatic rings. The highest BCUT2D eigenvalue weighted by Crippen LogP contribution is 2.38. The third-order valence-corrected chi connectivity index (χ3v) is 6.77. The normalized spacial score (nSPS) is 11.5. The molecule has 37 heavy (non-hydrogen) atoms. The summed E-state index contributed by atoms with van der Waals surface area (Å²) in [5, 5.41) is 24.6. The SMILES string of the molecule is CS(=O)(=O)c1ccc(Oc2cc(-c3ncccc3Cl)cc3c(Nc4ccn(CC(=O)O)n4)n[nH]c23)cc1. The zero-order valence-electron chi connectivity index (χ0n) is 19.2. The molecular formula is C24H19ClN6O5S. The van der Waals surface area contributed by atoms with E-state index < -0.39 is 15.8 Å². The van der Waals surface area contributed by atoms with Crippen molar-refractivity contribution in [3.05, 3.63) is 72.0 Å². The molecule has 3 N–H and O–H groups in total. The second-order valence-electron chi connectivity index (χ2n) is 8.07. The van der Waals surface area contributed by atoms with Gasteiger partial charge in [-0.05, 0) is 48.5 Å². The van der Waals surface area contributed by atoms with Crippen molar-refractivity contribution in [2.75, 3.05) is 11.6 Å². The Hall–Kier alpha value is -4.42. The topological polar surface area (TPSA) is 152 Å². The molecule has 0 spiro atoms. The number of sulfone groups is 1. The van der Waals surface area contributed by atoms with Gasteiger partial charge in [-0.25, -0.2) is 8.42 Å². The highest BCUT2D eigenvalue weighted by molar-refractivity contribution is 7.90. The predicted molar refractivity (Wildman–Crippen MR) is 137 cm³/mol. The maximum atomic E-state index is 11.8. The summed E-state index contributed by atoms with van der Waals surface area (Å²) in [6.45, 7) is -0.276. The average Bonchev–Trinajstić information content (AvgIpc) is 3.46. The van der Waals surface area contributed by atoms with Gasteiger partial charge in [0.1, 0.15) is 17.8 Å². The van der Waals surface area contributed by atoms with Crippen molar-refractivity contribution in [2.45, 2.75) is 11.4 Å². The monoisotopic (exact) mass is 538 g/mol. The van der Waals surface area contributed by atoms with Crippen molar-refractivity contribution < 1.29 is 23.1 Å². The van der Waals surface area contributed by atoms with Gasteiger partial charge in [0, 0.05) is 35.7 Å². The minimum Gasteiger partial charge on any atom is -0.480 e. The van der Waals surface area contributed by atoms with Gasteiger partial charge in [-0.1, -0.05) is 11.6 Å². The molecule has 0 unspecified atom stereocenters. The molecule has 0 radical (unpaired) electrons. The number of aromatic nitrogens is 5. The van der Waals surface area contributed by atoms with E-state index in [4.69, 9.17) is 21.4 Å². The number of H-pyrrole nitrogens is 1. The maximum absolute atomic E-state index is 11.8. The van der Waals surface area contributed by atoms with E-state index in [1.807, 2.05) is 6.07 Å². The van der Waals surface area contributed by atoms with Crippen LogP contribution in [0.1, 0.15) is 0 Å². The van der Waals surface area contributed by atoms with E-state index >= 15 is 0 Å². The number of ether oxygens (including phenoxy) is 1. The Bertz CT molecular complexity index is 1730. The molecule has 3 heterocycles. The maximum Gasteiger partial charge on any atom is 0.325 e. The Kier molecular flexibility index (Phi) is 6.27. The van der Waals surface area contributed by atoms with Crippen molar-refractivity contribution in [1.82, 2.24) is 25.0 Å². The highest BCUT2D eigenvalue weighted by atomic mass is 35.5. The average molecular weight is 539 g/mol. The fourth-order valence-corrected chi connectivity index (χ4v) is 4.52. The molecule has 0 aliphatic rings. The Labute approximate surface area is 215 Å². The first-order valence-electron chi connectivity index (χ1n) is 10.8. The van der Waals surface area contributed by atoms with Gasteiger partial charge in [0.25, 0.3) is 0 Å². The summed E-state index contributed by atoms with van der Waals surface area (Å²) < 4.78 is 31.0. The fourth-order valence-electron chi connectivity index (χ4n) is 3.66. The number of hydrogen-bond acceptors (Lipinski definition) is 8. The number of carbonyl (C=O) groups is 1. The number of aromatic amines is 1. The Morgan fingerprint density at radius 1 is 1.19 bits per heavy atom. The lowest BCUT2D eigenvalue weighted by atomic mass is 10.1. The molecule has 0 aliphatic heterocycles. The molecule has 3 aromatic heterocycles. The first-order chi connectivity index (χ1) is 17.7. The molecule has 0 saturated carbocycles. The molecule has 0 atom stereocenters. The van der Waals surface area contributed by atoms with Gasteiger partial charge in [-0.15, -0.1) is 0 Å². The Morgan fingerprint density at radius 3 is 2.68 bits per heavy atom. The third-order valence-electron chi connectivity index (χ3n) is 5.33. The molecule has 0 saturated heterocycles. The fraction of sp³-hybridized carbons (Fsp3) is 0.0833. The second kappa shape index (κ2) is 9.56. The minimum atomic E-state index is -3.35. The molecule has 0 fully saturated rings. The Morgan fingerprint density at radius 2 is 1.97 bits per heavy atom. The molecule has 13 heteroatoms. The standard InChI is InChI=1S/C24H19ClN6O5S/c1-37(34,35)16-6-4-15(5-7-16)36-19-12-14(22-18(25)3-2-9-26-22)11-17-23(19)28-29-24(17)27-20-8-10-31(30-20)13-21(32)33/h2-12H,13H2,1H3,(H,32,33)(H2,27,28,29,30). The molecule has 0 aliphatic carbocycles. The lowest BCUT2D eigenvalue weighted by Crippen LogP contribution is -2.09. The number of nitrogens with one attached hydrogen (secondary N) is 2. The van der Waals surface area contributed by atoms with Crippen LogP contribution >= 0.6 is 11.6 Å². The van der Waals surface area contributed by atoms with Crippen LogP contribution in [0.5, 0.6) is 11.5 Å². The van der Waals surface area contributed by atoms with E-state index in [0.717, 1.165) is 6.26 Å². The number of fused-ring (bicyclic) bond motifs is 1. The van der Waals surface area contributed by atoms with Gasteiger partial charge in [0.2, 0.25) is 0 Å². The van der Waals surface area contributed by atoms with E-state index in [0.29, 0.717) is 50.3 Å². The zero-order chi connectivity index (χ0) is 26.2. The number of anilines is 2. The van der Waals surface area contributed by atoms with Crippen LogP contribution in [0.3, 0.4) is 0 Å². The molecular weight excluding hydrogens is 520 g/mol. The van der Waals surface area contributed by atoms with Crippen LogP contribution in [0, 0.1) is 0 Å². The van der Waals surface area contributed by atoms with Gasteiger partial charge in [0.15, 0.2) is 27.2 Å². The van der Waals surface area contributed by atoms with Crippen molar-refractivity contribution in [3.8, 4) is 22.8 Å². The molecule has 0 amide bonds. The lowest BCUT2D eigenvalue weighted by molar-refractivity contribution is -0.137. The minimum absolute atomic E-state index is 0.175. The van der Waals surface area contributed by atoms with Crippen LogP contribution in [-0.2, 0) is 21.2 Å². The smallest absolute Gasteiger partial charge is 0.325 e. The van der Waals surface area contributed by atoms with Crippen molar-refractivity contribution >= 4 is 49.9 Å². The van der Waals surface area contributed by atoms with Crippen LogP contribution in [0.2, 0.25) is 5.02 Å². The van der Waals surface area contributed by atoms with Gasteiger partial charge in [0.05, 0.1) is 15.6 Å². The van der Waals surface area contributed by atoms with Crippen LogP contribution in [-0.4, -0.2) is 50.7 Å². The third kappa shape index (κ3) is 5.25. The summed E-state index contributed by atoms with van der Waals surface area (Å²) in [5.74, 6) is 0.618. The number of rotatable bonds is 8. The molecule has 188 valence electrons. The number of benzene rings is 2.